The molecule has 0 amide bonds. The Kier molecular flexibility index (Phi) is 4.88. The van der Waals surface area contributed by atoms with Gasteiger partial charge in [-0.05, 0) is 44.4 Å². The Hall–Kier alpha value is -0.170. The number of piperidine rings is 1. The van der Waals surface area contributed by atoms with E-state index in [0.717, 1.165) is 32.1 Å². The predicted octanol–water partition coefficient (Wildman–Crippen LogP) is 1.70. The first-order chi connectivity index (χ1) is 10.1. The van der Waals surface area contributed by atoms with Crippen molar-refractivity contribution < 1.29 is 8.42 Å². The maximum absolute atomic E-state index is 13.1. The van der Waals surface area contributed by atoms with Crippen molar-refractivity contribution in [3.05, 3.63) is 0 Å². The predicted molar refractivity (Wildman–Crippen MR) is 84.0 cm³/mol. The lowest BCUT2D eigenvalue weighted by Gasteiger charge is -2.39. The van der Waals surface area contributed by atoms with Crippen molar-refractivity contribution in [2.45, 2.75) is 69.9 Å². The van der Waals surface area contributed by atoms with Gasteiger partial charge in [0, 0.05) is 31.7 Å². The fraction of sp³-hybridized carbons (Fsp3) is 1.00. The minimum Gasteiger partial charge on any atom is -0.329 e. The van der Waals surface area contributed by atoms with Gasteiger partial charge in [0.25, 0.3) is 10.2 Å². The Labute approximate surface area is 129 Å². The van der Waals surface area contributed by atoms with E-state index < -0.39 is 10.2 Å². The minimum absolute atomic E-state index is 0.00794. The van der Waals surface area contributed by atoms with E-state index in [1.807, 2.05) is 4.31 Å². The fourth-order valence-corrected chi connectivity index (χ4v) is 6.69. The maximum Gasteiger partial charge on any atom is 0.282 e. The molecule has 122 valence electrons. The number of nitrogens with zero attached hydrogens (tertiary/aromatic N) is 2. The van der Waals surface area contributed by atoms with E-state index in [-0.39, 0.29) is 12.1 Å². The van der Waals surface area contributed by atoms with Crippen LogP contribution in [0, 0.1) is 5.92 Å². The number of rotatable bonds is 4. The van der Waals surface area contributed by atoms with Crippen molar-refractivity contribution in [3.8, 4) is 0 Å². The van der Waals surface area contributed by atoms with Crippen LogP contribution in [-0.4, -0.2) is 48.7 Å². The average molecular weight is 315 g/mol. The van der Waals surface area contributed by atoms with Crippen LogP contribution in [0.15, 0.2) is 0 Å². The van der Waals surface area contributed by atoms with Crippen LogP contribution in [0.25, 0.3) is 0 Å². The van der Waals surface area contributed by atoms with E-state index in [2.05, 4.69) is 0 Å². The SMILES string of the molecule is NCC1CCCCN1S(=O)(=O)N1CCCC1C1CCCC1. The van der Waals surface area contributed by atoms with Crippen LogP contribution >= 0.6 is 0 Å². The second-order valence-corrected chi connectivity index (χ2v) is 8.70. The van der Waals surface area contributed by atoms with Gasteiger partial charge in [-0.15, -0.1) is 0 Å². The molecule has 21 heavy (non-hydrogen) atoms. The molecule has 2 atom stereocenters. The van der Waals surface area contributed by atoms with Crippen molar-refractivity contribution >= 4 is 10.2 Å². The molecule has 2 N–H and O–H groups in total. The van der Waals surface area contributed by atoms with Crippen molar-refractivity contribution in [1.82, 2.24) is 8.61 Å². The highest BCUT2D eigenvalue weighted by atomic mass is 32.2. The Morgan fingerprint density at radius 2 is 1.52 bits per heavy atom. The van der Waals surface area contributed by atoms with E-state index in [0.29, 0.717) is 25.6 Å². The quantitative estimate of drug-likeness (QED) is 0.858. The molecule has 3 aliphatic rings. The van der Waals surface area contributed by atoms with E-state index in [1.54, 1.807) is 4.31 Å². The van der Waals surface area contributed by atoms with Gasteiger partial charge in [-0.25, -0.2) is 0 Å². The van der Waals surface area contributed by atoms with Crippen LogP contribution < -0.4 is 5.73 Å². The van der Waals surface area contributed by atoms with Gasteiger partial charge >= 0.3 is 0 Å². The van der Waals surface area contributed by atoms with Gasteiger partial charge in [-0.3, -0.25) is 0 Å². The van der Waals surface area contributed by atoms with Crippen molar-refractivity contribution in [3.63, 3.8) is 0 Å². The smallest absolute Gasteiger partial charge is 0.282 e. The van der Waals surface area contributed by atoms with Gasteiger partial charge < -0.3 is 5.73 Å². The molecule has 2 heterocycles. The Morgan fingerprint density at radius 3 is 2.24 bits per heavy atom. The zero-order chi connectivity index (χ0) is 14.9. The highest BCUT2D eigenvalue weighted by Crippen LogP contribution is 2.38. The lowest BCUT2D eigenvalue weighted by molar-refractivity contribution is 0.216. The number of nitrogens with two attached hydrogens (primary N) is 1. The van der Waals surface area contributed by atoms with Gasteiger partial charge in [0.2, 0.25) is 0 Å². The Morgan fingerprint density at radius 1 is 0.857 bits per heavy atom. The molecular formula is C15H29N3O2S. The van der Waals surface area contributed by atoms with E-state index in [9.17, 15) is 8.42 Å². The Balaban J connectivity index is 1.79. The van der Waals surface area contributed by atoms with Crippen LogP contribution in [-0.2, 0) is 10.2 Å². The molecule has 0 radical (unpaired) electrons. The molecule has 1 saturated carbocycles. The van der Waals surface area contributed by atoms with Gasteiger partial charge in [-0.1, -0.05) is 19.3 Å². The summed E-state index contributed by atoms with van der Waals surface area (Å²) in [6.07, 6.45) is 9.99. The normalized spacial score (nSPS) is 33.8. The average Bonchev–Trinajstić information content (AvgIpc) is 3.17. The van der Waals surface area contributed by atoms with Gasteiger partial charge in [0.1, 0.15) is 0 Å². The van der Waals surface area contributed by atoms with Gasteiger partial charge in [0.05, 0.1) is 0 Å². The molecular weight excluding hydrogens is 286 g/mol. The summed E-state index contributed by atoms with van der Waals surface area (Å²) in [7, 11) is -3.32. The molecule has 6 heteroatoms. The monoisotopic (exact) mass is 315 g/mol. The zero-order valence-corrected chi connectivity index (χ0v) is 13.7. The minimum atomic E-state index is -3.32. The molecule has 3 rings (SSSR count). The first-order valence-electron chi connectivity index (χ1n) is 8.63. The largest absolute Gasteiger partial charge is 0.329 e. The maximum atomic E-state index is 13.1. The fourth-order valence-electron chi connectivity index (χ4n) is 4.51. The molecule has 2 unspecified atom stereocenters. The topological polar surface area (TPSA) is 66.6 Å². The summed E-state index contributed by atoms with van der Waals surface area (Å²) in [5, 5.41) is 0. The van der Waals surface area contributed by atoms with E-state index >= 15 is 0 Å². The van der Waals surface area contributed by atoms with Crippen LogP contribution in [0.2, 0.25) is 0 Å². The summed E-state index contributed by atoms with van der Waals surface area (Å²) < 4.78 is 29.8. The zero-order valence-electron chi connectivity index (χ0n) is 12.9. The molecule has 5 nitrogen and oxygen atoms in total. The second kappa shape index (κ2) is 6.52. The van der Waals surface area contributed by atoms with Crippen LogP contribution in [0.4, 0.5) is 0 Å². The van der Waals surface area contributed by atoms with Crippen molar-refractivity contribution in [2.75, 3.05) is 19.6 Å². The highest BCUT2D eigenvalue weighted by Gasteiger charge is 2.44. The first kappa shape index (κ1) is 15.7. The summed E-state index contributed by atoms with van der Waals surface area (Å²) >= 11 is 0. The van der Waals surface area contributed by atoms with E-state index in [4.69, 9.17) is 5.73 Å². The molecule has 0 spiro atoms. The number of hydrogen-bond acceptors (Lipinski definition) is 3. The summed E-state index contributed by atoms with van der Waals surface area (Å²) in [4.78, 5) is 0. The highest BCUT2D eigenvalue weighted by molar-refractivity contribution is 7.86. The lowest BCUT2D eigenvalue weighted by Crippen LogP contribution is -2.54. The van der Waals surface area contributed by atoms with Gasteiger partial charge in [0.15, 0.2) is 0 Å². The lowest BCUT2D eigenvalue weighted by atomic mass is 9.97. The third-order valence-electron chi connectivity index (χ3n) is 5.63. The molecule has 1 aliphatic carbocycles. The van der Waals surface area contributed by atoms with Crippen molar-refractivity contribution in [1.29, 1.82) is 0 Å². The van der Waals surface area contributed by atoms with Crippen LogP contribution in [0.1, 0.15) is 57.8 Å². The molecule has 0 bridgehead atoms. The third kappa shape index (κ3) is 3.00. The summed E-state index contributed by atoms with van der Waals surface area (Å²) in [5.41, 5.74) is 5.82. The molecule has 0 aromatic rings. The summed E-state index contributed by atoms with van der Waals surface area (Å²) in [6, 6.07) is 0.256. The molecule has 2 saturated heterocycles. The van der Waals surface area contributed by atoms with Crippen LogP contribution in [0.3, 0.4) is 0 Å². The molecule has 0 aromatic carbocycles. The first-order valence-corrected chi connectivity index (χ1v) is 10.0. The summed E-state index contributed by atoms with van der Waals surface area (Å²) in [5.74, 6) is 0.586. The molecule has 2 aliphatic heterocycles. The second-order valence-electron chi connectivity index (χ2n) is 6.87. The van der Waals surface area contributed by atoms with Crippen molar-refractivity contribution in [2.24, 2.45) is 11.7 Å². The van der Waals surface area contributed by atoms with E-state index in [1.165, 1.54) is 25.7 Å². The standard InChI is InChI=1S/C15H29N3O2S/c16-12-14-8-3-4-10-17(14)21(19,20)18-11-5-9-15(18)13-6-1-2-7-13/h13-15H,1-12,16H2. The van der Waals surface area contributed by atoms with Crippen LogP contribution in [0.5, 0.6) is 0 Å². The molecule has 0 aromatic heterocycles. The third-order valence-corrected chi connectivity index (χ3v) is 7.75. The summed E-state index contributed by atoms with van der Waals surface area (Å²) in [6.45, 7) is 1.80. The number of hydrogen-bond donors (Lipinski definition) is 1. The molecule has 3 fully saturated rings. The van der Waals surface area contributed by atoms with Gasteiger partial charge in [-0.2, -0.15) is 17.0 Å². The Bertz CT molecular complexity index is 448.